The number of anilines is 3. The molecule has 3 aromatic carbocycles. The highest BCUT2D eigenvalue weighted by Crippen LogP contribution is 2.44. The number of benzene rings is 3. The van der Waals surface area contributed by atoms with Gasteiger partial charge >= 0.3 is 12.0 Å². The Bertz CT molecular complexity index is 1420. The second-order valence-electron chi connectivity index (χ2n) is 12.0. The highest BCUT2D eigenvalue weighted by atomic mass is 16.6. The standard InChI is InChI=1S/C34H41N3O5/c1-23-10-6-7-11-27(23)36-32(40)37-28-17-12-24(20-29(28)41-5)21-30(38)35-26-15-13-25(14-16-26)34(18-8-9-19-34)22-31(39)42-33(2,3)4/h6-7,10-17,20H,8-9,18-19,21-22H2,1-5H3,(H,35,38)(H2,36,37,40). The smallest absolute Gasteiger partial charge is 0.323 e. The Labute approximate surface area is 248 Å². The molecule has 1 saturated carbocycles. The molecule has 0 aromatic heterocycles. The van der Waals surface area contributed by atoms with Crippen molar-refractivity contribution in [3.63, 3.8) is 0 Å². The van der Waals surface area contributed by atoms with E-state index < -0.39 is 5.60 Å². The summed E-state index contributed by atoms with van der Waals surface area (Å²) in [5, 5.41) is 8.60. The van der Waals surface area contributed by atoms with E-state index in [4.69, 9.17) is 9.47 Å². The molecule has 8 nitrogen and oxygen atoms in total. The van der Waals surface area contributed by atoms with E-state index in [0.717, 1.165) is 48.1 Å². The van der Waals surface area contributed by atoms with Gasteiger partial charge in [0.05, 0.1) is 25.6 Å². The molecule has 0 aliphatic heterocycles. The average molecular weight is 572 g/mol. The number of rotatable bonds is 9. The zero-order valence-electron chi connectivity index (χ0n) is 25.1. The molecule has 8 heteroatoms. The van der Waals surface area contributed by atoms with E-state index in [1.165, 1.54) is 7.11 Å². The second kappa shape index (κ2) is 13.1. The van der Waals surface area contributed by atoms with Crippen molar-refractivity contribution in [1.29, 1.82) is 0 Å². The number of hydrogen-bond donors (Lipinski definition) is 3. The minimum absolute atomic E-state index is 0.135. The van der Waals surface area contributed by atoms with E-state index >= 15 is 0 Å². The van der Waals surface area contributed by atoms with Gasteiger partial charge < -0.3 is 25.4 Å². The van der Waals surface area contributed by atoms with Crippen LogP contribution in [0.2, 0.25) is 0 Å². The third-order valence-corrected chi connectivity index (χ3v) is 7.52. The van der Waals surface area contributed by atoms with Gasteiger partial charge in [0, 0.05) is 16.8 Å². The van der Waals surface area contributed by atoms with Crippen LogP contribution in [0, 0.1) is 6.92 Å². The third kappa shape index (κ3) is 8.12. The highest BCUT2D eigenvalue weighted by molar-refractivity contribution is 6.01. The van der Waals surface area contributed by atoms with Gasteiger partial charge in [0.2, 0.25) is 5.91 Å². The SMILES string of the molecule is COc1cc(CC(=O)Nc2ccc(C3(CC(=O)OC(C)(C)C)CCCC3)cc2)ccc1NC(=O)Nc1ccccc1C. The molecule has 1 aliphatic carbocycles. The van der Waals surface area contributed by atoms with Gasteiger partial charge in [-0.2, -0.15) is 0 Å². The van der Waals surface area contributed by atoms with Crippen molar-refractivity contribution in [2.45, 2.75) is 77.2 Å². The van der Waals surface area contributed by atoms with Crippen LogP contribution in [-0.2, 0) is 26.2 Å². The number of aryl methyl sites for hydroxylation is 1. The van der Waals surface area contributed by atoms with Gasteiger partial charge in [-0.25, -0.2) is 4.79 Å². The van der Waals surface area contributed by atoms with Crippen molar-refractivity contribution in [3.05, 3.63) is 83.4 Å². The molecule has 1 aliphatic rings. The van der Waals surface area contributed by atoms with Crippen LogP contribution in [0.3, 0.4) is 0 Å². The van der Waals surface area contributed by atoms with E-state index in [-0.39, 0.29) is 29.7 Å². The van der Waals surface area contributed by atoms with Crippen LogP contribution in [0.4, 0.5) is 21.9 Å². The number of carbonyl (C=O) groups is 3. The minimum atomic E-state index is -0.512. The summed E-state index contributed by atoms with van der Waals surface area (Å²) in [5.74, 6) is 0.105. The topological polar surface area (TPSA) is 106 Å². The quantitative estimate of drug-likeness (QED) is 0.233. The fraction of sp³-hybridized carbons (Fsp3) is 0.382. The van der Waals surface area contributed by atoms with Crippen LogP contribution in [0.5, 0.6) is 5.75 Å². The van der Waals surface area contributed by atoms with E-state index in [2.05, 4.69) is 16.0 Å². The Balaban J connectivity index is 1.36. The molecule has 4 rings (SSSR count). The summed E-state index contributed by atoms with van der Waals surface area (Å²) >= 11 is 0. The molecule has 3 amide bonds. The zero-order valence-corrected chi connectivity index (χ0v) is 25.1. The summed E-state index contributed by atoms with van der Waals surface area (Å²) in [6.07, 6.45) is 4.54. The summed E-state index contributed by atoms with van der Waals surface area (Å²) in [5.41, 5.74) is 3.96. The largest absolute Gasteiger partial charge is 0.495 e. The molecular weight excluding hydrogens is 530 g/mol. The highest BCUT2D eigenvalue weighted by Gasteiger charge is 2.39. The lowest BCUT2D eigenvalue weighted by atomic mass is 9.76. The maximum atomic E-state index is 12.9. The number of para-hydroxylation sites is 1. The first-order valence-corrected chi connectivity index (χ1v) is 14.4. The predicted molar refractivity (Wildman–Crippen MR) is 166 cm³/mol. The summed E-state index contributed by atoms with van der Waals surface area (Å²) < 4.78 is 11.1. The lowest BCUT2D eigenvalue weighted by Crippen LogP contribution is -2.31. The summed E-state index contributed by atoms with van der Waals surface area (Å²) in [4.78, 5) is 38.1. The predicted octanol–water partition coefficient (Wildman–Crippen LogP) is 7.37. The molecule has 0 spiro atoms. The van der Waals surface area contributed by atoms with Crippen molar-refractivity contribution in [2.75, 3.05) is 23.1 Å². The molecular formula is C34H41N3O5. The number of amides is 3. The van der Waals surface area contributed by atoms with Crippen molar-refractivity contribution in [1.82, 2.24) is 0 Å². The van der Waals surface area contributed by atoms with Gasteiger partial charge in [0.1, 0.15) is 11.4 Å². The van der Waals surface area contributed by atoms with Gasteiger partial charge in [-0.05, 0) is 87.6 Å². The molecule has 222 valence electrons. The van der Waals surface area contributed by atoms with Crippen LogP contribution < -0.4 is 20.7 Å². The summed E-state index contributed by atoms with van der Waals surface area (Å²) in [7, 11) is 1.52. The fourth-order valence-electron chi connectivity index (χ4n) is 5.51. The van der Waals surface area contributed by atoms with E-state index in [9.17, 15) is 14.4 Å². The molecule has 0 unspecified atom stereocenters. The van der Waals surface area contributed by atoms with E-state index in [0.29, 0.717) is 23.5 Å². The van der Waals surface area contributed by atoms with Crippen LogP contribution in [0.1, 0.15) is 69.6 Å². The second-order valence-corrected chi connectivity index (χ2v) is 12.0. The third-order valence-electron chi connectivity index (χ3n) is 7.52. The summed E-state index contributed by atoms with van der Waals surface area (Å²) in [6.45, 7) is 7.58. The maximum absolute atomic E-state index is 12.9. The van der Waals surface area contributed by atoms with Crippen LogP contribution in [0.25, 0.3) is 0 Å². The fourth-order valence-corrected chi connectivity index (χ4v) is 5.51. The monoisotopic (exact) mass is 571 g/mol. The molecule has 0 atom stereocenters. The number of nitrogens with one attached hydrogen (secondary N) is 3. The van der Waals surface area contributed by atoms with Gasteiger partial charge in [0.15, 0.2) is 0 Å². The first kappa shape index (κ1) is 30.6. The molecule has 0 saturated heterocycles. The normalized spacial score (nSPS) is 14.1. The van der Waals surface area contributed by atoms with Gasteiger partial charge in [0.25, 0.3) is 0 Å². The Hall–Kier alpha value is -4.33. The Morgan fingerprint density at radius 2 is 1.52 bits per heavy atom. The van der Waals surface area contributed by atoms with E-state index in [1.807, 2.05) is 76.2 Å². The number of carbonyl (C=O) groups excluding carboxylic acids is 3. The first-order chi connectivity index (χ1) is 20.0. The zero-order chi connectivity index (χ0) is 30.3. The Morgan fingerprint density at radius 1 is 0.857 bits per heavy atom. The maximum Gasteiger partial charge on any atom is 0.323 e. The minimum Gasteiger partial charge on any atom is -0.495 e. The Kier molecular flexibility index (Phi) is 9.55. The van der Waals surface area contributed by atoms with Crippen molar-refractivity contribution < 1.29 is 23.9 Å². The first-order valence-electron chi connectivity index (χ1n) is 14.4. The lowest BCUT2D eigenvalue weighted by molar-refractivity contribution is -0.156. The van der Waals surface area contributed by atoms with Crippen LogP contribution in [0.15, 0.2) is 66.7 Å². The van der Waals surface area contributed by atoms with Crippen molar-refractivity contribution in [2.24, 2.45) is 0 Å². The number of methoxy groups -OCH3 is 1. The molecule has 3 aromatic rings. The average Bonchev–Trinajstić information content (AvgIpc) is 3.39. The lowest BCUT2D eigenvalue weighted by Gasteiger charge is -2.30. The number of urea groups is 1. The van der Waals surface area contributed by atoms with Crippen LogP contribution in [-0.4, -0.2) is 30.6 Å². The molecule has 42 heavy (non-hydrogen) atoms. The molecule has 3 N–H and O–H groups in total. The number of esters is 1. The van der Waals surface area contributed by atoms with Gasteiger partial charge in [-0.15, -0.1) is 0 Å². The van der Waals surface area contributed by atoms with E-state index in [1.54, 1.807) is 18.2 Å². The number of ether oxygens (including phenoxy) is 2. The van der Waals surface area contributed by atoms with Crippen LogP contribution >= 0.6 is 0 Å². The van der Waals surface area contributed by atoms with Gasteiger partial charge in [-0.3, -0.25) is 9.59 Å². The Morgan fingerprint density at radius 3 is 2.17 bits per heavy atom. The summed E-state index contributed by atoms with van der Waals surface area (Å²) in [6, 6.07) is 20.2. The van der Waals surface area contributed by atoms with Gasteiger partial charge in [-0.1, -0.05) is 49.2 Å². The molecule has 0 bridgehead atoms. The number of hydrogen-bond acceptors (Lipinski definition) is 5. The molecule has 0 radical (unpaired) electrons. The van der Waals surface area contributed by atoms with Crippen molar-refractivity contribution in [3.8, 4) is 5.75 Å². The molecule has 1 fully saturated rings. The van der Waals surface area contributed by atoms with Crippen molar-refractivity contribution >= 4 is 35.0 Å². The molecule has 0 heterocycles.